The van der Waals surface area contributed by atoms with E-state index in [1.54, 1.807) is 27.2 Å². The van der Waals surface area contributed by atoms with Crippen LogP contribution >= 0.6 is 23.2 Å². The van der Waals surface area contributed by atoms with E-state index in [1.807, 2.05) is 66.7 Å². The fourth-order valence-corrected chi connectivity index (χ4v) is 4.38. The molecule has 0 spiro atoms. The zero-order valence-corrected chi connectivity index (χ0v) is 21.1. The molecule has 0 fully saturated rings. The number of aliphatic hydroxyl groups is 1. The minimum atomic E-state index is -0.532. The molecule has 0 aliphatic heterocycles. The molecule has 4 aromatic carbocycles. The largest absolute Gasteiger partial charge is 0.495 e. The van der Waals surface area contributed by atoms with Crippen LogP contribution in [0.15, 0.2) is 78.9 Å². The van der Waals surface area contributed by atoms with E-state index in [2.05, 4.69) is 16.7 Å². The molecule has 0 radical (unpaired) electrons. The molecule has 1 atom stereocenters. The SMILES string of the molecule is COc1cc(OC)c(Cl)c(Nc2ccccc2-c2cccc(Nc3cccc(C(C)O)c3)c2)c1Cl. The van der Waals surface area contributed by atoms with Crippen LogP contribution in [0.3, 0.4) is 0 Å². The van der Waals surface area contributed by atoms with Crippen molar-refractivity contribution in [3.05, 3.63) is 94.5 Å². The number of methoxy groups -OCH3 is 2. The van der Waals surface area contributed by atoms with Crippen LogP contribution in [0.4, 0.5) is 22.7 Å². The second-order valence-corrected chi connectivity index (χ2v) is 8.72. The lowest BCUT2D eigenvalue weighted by molar-refractivity contribution is 0.199. The van der Waals surface area contributed by atoms with Gasteiger partial charge in [-0.05, 0) is 48.4 Å². The maximum Gasteiger partial charge on any atom is 0.143 e. The van der Waals surface area contributed by atoms with Gasteiger partial charge in [0.25, 0.3) is 0 Å². The van der Waals surface area contributed by atoms with Crippen LogP contribution in [0.25, 0.3) is 11.1 Å². The summed E-state index contributed by atoms with van der Waals surface area (Å²) in [6.45, 7) is 1.75. The summed E-state index contributed by atoms with van der Waals surface area (Å²) in [4.78, 5) is 0. The van der Waals surface area contributed by atoms with E-state index >= 15 is 0 Å². The highest BCUT2D eigenvalue weighted by Gasteiger charge is 2.18. The van der Waals surface area contributed by atoms with E-state index in [1.165, 1.54) is 0 Å². The molecular weight excluding hydrogens is 483 g/mol. The van der Waals surface area contributed by atoms with Gasteiger partial charge in [0.2, 0.25) is 0 Å². The van der Waals surface area contributed by atoms with E-state index < -0.39 is 6.10 Å². The Morgan fingerprint density at radius 3 is 2.03 bits per heavy atom. The van der Waals surface area contributed by atoms with Gasteiger partial charge in [0.05, 0.1) is 26.0 Å². The number of benzene rings is 4. The molecule has 0 aliphatic rings. The van der Waals surface area contributed by atoms with Gasteiger partial charge in [-0.1, -0.05) is 65.7 Å². The maximum absolute atomic E-state index is 9.89. The summed E-state index contributed by atoms with van der Waals surface area (Å²) in [5, 5.41) is 17.4. The molecule has 0 amide bonds. The van der Waals surface area contributed by atoms with Crippen molar-refractivity contribution in [2.75, 3.05) is 24.9 Å². The third kappa shape index (κ3) is 5.49. The molecule has 0 saturated heterocycles. The van der Waals surface area contributed by atoms with Crippen LogP contribution < -0.4 is 20.1 Å². The second-order valence-electron chi connectivity index (χ2n) is 7.96. The molecule has 180 valence electrons. The first-order valence-electron chi connectivity index (χ1n) is 11.0. The van der Waals surface area contributed by atoms with Gasteiger partial charge in [-0.2, -0.15) is 0 Å². The Labute approximate surface area is 215 Å². The maximum atomic E-state index is 9.89. The van der Waals surface area contributed by atoms with Gasteiger partial charge < -0.3 is 25.2 Å². The van der Waals surface area contributed by atoms with Gasteiger partial charge >= 0.3 is 0 Å². The number of aliphatic hydroxyl groups excluding tert-OH is 1. The second kappa shape index (κ2) is 10.9. The van der Waals surface area contributed by atoms with Crippen molar-refractivity contribution in [3.63, 3.8) is 0 Å². The van der Waals surface area contributed by atoms with Crippen LogP contribution in [0, 0.1) is 0 Å². The molecule has 3 N–H and O–H groups in total. The molecule has 4 rings (SSSR count). The van der Waals surface area contributed by atoms with Crippen LogP contribution in [-0.4, -0.2) is 19.3 Å². The van der Waals surface area contributed by atoms with Crippen molar-refractivity contribution < 1.29 is 14.6 Å². The van der Waals surface area contributed by atoms with Crippen LogP contribution in [-0.2, 0) is 0 Å². The summed E-state index contributed by atoms with van der Waals surface area (Å²) >= 11 is 13.2. The zero-order chi connectivity index (χ0) is 24.9. The molecule has 7 heteroatoms. The van der Waals surface area contributed by atoms with E-state index in [9.17, 15) is 5.11 Å². The summed E-state index contributed by atoms with van der Waals surface area (Å²) in [5.74, 6) is 0.914. The number of anilines is 4. The van der Waals surface area contributed by atoms with E-state index in [-0.39, 0.29) is 0 Å². The van der Waals surface area contributed by atoms with Crippen molar-refractivity contribution >= 4 is 46.0 Å². The predicted molar refractivity (Wildman–Crippen MR) is 145 cm³/mol. The highest BCUT2D eigenvalue weighted by atomic mass is 35.5. The topological polar surface area (TPSA) is 62.8 Å². The number of nitrogens with one attached hydrogen (secondary N) is 2. The minimum Gasteiger partial charge on any atom is -0.495 e. The average Bonchev–Trinajstić information content (AvgIpc) is 2.87. The molecule has 0 heterocycles. The number of para-hydroxylation sites is 1. The molecule has 4 aromatic rings. The van der Waals surface area contributed by atoms with E-state index in [4.69, 9.17) is 32.7 Å². The third-order valence-corrected chi connectivity index (χ3v) is 6.34. The molecule has 5 nitrogen and oxygen atoms in total. The normalized spacial score (nSPS) is 11.6. The van der Waals surface area contributed by atoms with Gasteiger partial charge in [-0.3, -0.25) is 0 Å². The number of ether oxygens (including phenoxy) is 2. The van der Waals surface area contributed by atoms with Crippen LogP contribution in [0.5, 0.6) is 11.5 Å². The summed E-state index contributed by atoms with van der Waals surface area (Å²) in [6.07, 6.45) is -0.532. The van der Waals surface area contributed by atoms with Gasteiger partial charge in [0.1, 0.15) is 21.5 Å². The summed E-state index contributed by atoms with van der Waals surface area (Å²) < 4.78 is 10.8. The smallest absolute Gasteiger partial charge is 0.143 e. The lowest BCUT2D eigenvalue weighted by Crippen LogP contribution is -1.99. The number of halogens is 2. The fourth-order valence-electron chi connectivity index (χ4n) is 3.78. The molecule has 0 bridgehead atoms. The van der Waals surface area contributed by atoms with Gasteiger partial charge in [0.15, 0.2) is 0 Å². The van der Waals surface area contributed by atoms with Gasteiger partial charge in [-0.25, -0.2) is 0 Å². The Hall–Kier alpha value is -3.38. The zero-order valence-electron chi connectivity index (χ0n) is 19.6. The lowest BCUT2D eigenvalue weighted by atomic mass is 10.0. The minimum absolute atomic E-state index is 0.363. The summed E-state index contributed by atoms with van der Waals surface area (Å²) in [5.41, 5.74) is 5.94. The lowest BCUT2D eigenvalue weighted by Gasteiger charge is -2.18. The highest BCUT2D eigenvalue weighted by Crippen LogP contribution is 2.46. The first-order valence-corrected chi connectivity index (χ1v) is 11.8. The number of rotatable bonds is 8. The van der Waals surface area contributed by atoms with Gasteiger partial charge in [0, 0.05) is 28.7 Å². The Balaban J connectivity index is 1.69. The van der Waals surface area contributed by atoms with Crippen LogP contribution in [0.1, 0.15) is 18.6 Å². The van der Waals surface area contributed by atoms with Crippen molar-refractivity contribution in [2.24, 2.45) is 0 Å². The summed E-state index contributed by atoms with van der Waals surface area (Å²) in [6, 6.07) is 25.4. The monoisotopic (exact) mass is 508 g/mol. The molecular formula is C28H26Cl2N2O3. The first kappa shape index (κ1) is 24.7. The predicted octanol–water partition coefficient (Wildman–Crippen LogP) is 8.22. The fraction of sp³-hybridized carbons (Fsp3) is 0.143. The van der Waals surface area contributed by atoms with Gasteiger partial charge in [-0.15, -0.1) is 0 Å². The molecule has 0 saturated carbocycles. The average molecular weight is 509 g/mol. The molecule has 1 unspecified atom stereocenters. The van der Waals surface area contributed by atoms with Crippen LogP contribution in [0.2, 0.25) is 10.0 Å². The Morgan fingerprint density at radius 1 is 0.743 bits per heavy atom. The van der Waals surface area contributed by atoms with Crippen molar-refractivity contribution in [2.45, 2.75) is 13.0 Å². The van der Waals surface area contributed by atoms with E-state index in [0.29, 0.717) is 27.2 Å². The number of hydrogen-bond acceptors (Lipinski definition) is 5. The van der Waals surface area contributed by atoms with Crippen molar-refractivity contribution in [1.29, 1.82) is 0 Å². The Bertz CT molecular complexity index is 1310. The first-order chi connectivity index (χ1) is 16.9. The Kier molecular flexibility index (Phi) is 7.71. The summed E-state index contributed by atoms with van der Waals surface area (Å²) in [7, 11) is 3.09. The number of hydrogen-bond donors (Lipinski definition) is 3. The standard InChI is InChI=1S/C28H26Cl2N2O3/c1-17(33)18-8-6-10-20(14-18)31-21-11-7-9-19(15-21)22-12-4-5-13-23(22)32-28-26(29)24(34-2)16-25(35-3)27(28)30/h4-17,31-33H,1-3H3. The molecule has 0 aliphatic carbocycles. The quantitative estimate of drug-likeness (QED) is 0.223. The van der Waals surface area contributed by atoms with Crippen molar-refractivity contribution in [1.82, 2.24) is 0 Å². The van der Waals surface area contributed by atoms with E-state index in [0.717, 1.165) is 33.8 Å². The highest BCUT2D eigenvalue weighted by molar-refractivity contribution is 6.41. The molecule has 0 aromatic heterocycles. The Morgan fingerprint density at radius 2 is 1.37 bits per heavy atom. The van der Waals surface area contributed by atoms with Crippen molar-refractivity contribution in [3.8, 4) is 22.6 Å². The molecule has 35 heavy (non-hydrogen) atoms. The third-order valence-electron chi connectivity index (χ3n) is 5.59.